The molecule has 2 aromatic rings. The van der Waals surface area contributed by atoms with Crippen molar-refractivity contribution in [3.8, 4) is 0 Å². The van der Waals surface area contributed by atoms with E-state index >= 15 is 0 Å². The smallest absolute Gasteiger partial charge is 0.330 e. The number of pyridine rings is 1. The third kappa shape index (κ3) is 8.12. The fourth-order valence-electron chi connectivity index (χ4n) is 4.71. The van der Waals surface area contributed by atoms with E-state index in [0.717, 1.165) is 33.4 Å². The van der Waals surface area contributed by atoms with Crippen LogP contribution in [0.5, 0.6) is 0 Å². The number of carbonyl (C=O) groups is 1. The lowest BCUT2D eigenvalue weighted by molar-refractivity contribution is -0.134. The van der Waals surface area contributed by atoms with Crippen molar-refractivity contribution in [3.05, 3.63) is 76.6 Å². The Labute approximate surface area is 244 Å². The van der Waals surface area contributed by atoms with Crippen molar-refractivity contribution in [3.63, 3.8) is 0 Å². The molecule has 1 aromatic heterocycles. The fraction of sp³-hybridized carbons (Fsp3) is 0.448. The Morgan fingerprint density at radius 1 is 1.25 bits per heavy atom. The Balaban J connectivity index is 1.74. The van der Waals surface area contributed by atoms with E-state index in [1.54, 1.807) is 12.3 Å². The summed E-state index contributed by atoms with van der Waals surface area (Å²) in [5.41, 5.74) is 3.10. The molecule has 1 aromatic carbocycles. The zero-order chi connectivity index (χ0) is 28.4. The first-order chi connectivity index (χ1) is 19.4. The highest BCUT2D eigenvalue weighted by Gasteiger charge is 2.40. The van der Waals surface area contributed by atoms with Gasteiger partial charge in [0.15, 0.2) is 0 Å². The van der Waals surface area contributed by atoms with Gasteiger partial charge in [-0.2, -0.15) is 0 Å². The van der Waals surface area contributed by atoms with Gasteiger partial charge in [0.25, 0.3) is 7.52 Å². The highest BCUT2D eigenvalue weighted by molar-refractivity contribution is 9.10. The molecule has 9 nitrogen and oxygen atoms in total. The number of esters is 1. The number of aromatic nitrogens is 1. The number of anilines is 1. The Bertz CT molecular complexity index is 1240. The van der Waals surface area contributed by atoms with Crippen LogP contribution in [-0.4, -0.2) is 62.9 Å². The fourth-order valence-corrected chi connectivity index (χ4v) is 7.40. The maximum atomic E-state index is 14.6. The average molecular weight is 635 g/mol. The first-order valence-corrected chi connectivity index (χ1v) is 16.1. The number of ether oxygens (including phenoxy) is 3. The standard InChI is InChI=1S/C29H37BrN3O6P/c1-3-15-37-18-14-32-40(35,23-11-16-38-17-12-23)39-29-21(7-10-28(34)36-2)19-24(26-6-4-5-13-31-26)25-20-22(30)8-9-27(25)33-29/h4-10,13,19-21,23,29,33H,3,11-12,14-18H2,1-2H3,(H,32,35)/b10-7+/t21-,29?,40?/m1/s1. The minimum absolute atomic E-state index is 0.216. The molecule has 3 atom stereocenters. The van der Waals surface area contributed by atoms with Crippen LogP contribution in [0.25, 0.3) is 5.57 Å². The van der Waals surface area contributed by atoms with Gasteiger partial charge < -0.3 is 19.5 Å². The van der Waals surface area contributed by atoms with Gasteiger partial charge in [-0.25, -0.2) is 9.88 Å². The summed E-state index contributed by atoms with van der Waals surface area (Å²) in [5, 5.41) is 6.70. The van der Waals surface area contributed by atoms with Gasteiger partial charge in [0.1, 0.15) is 6.23 Å². The van der Waals surface area contributed by atoms with Crippen molar-refractivity contribution in [2.45, 2.75) is 38.1 Å². The Kier molecular flexibility index (Phi) is 11.5. The van der Waals surface area contributed by atoms with E-state index in [2.05, 4.69) is 31.3 Å². The lowest BCUT2D eigenvalue weighted by atomic mass is 9.97. The van der Waals surface area contributed by atoms with Gasteiger partial charge >= 0.3 is 5.97 Å². The Morgan fingerprint density at radius 2 is 2.08 bits per heavy atom. The van der Waals surface area contributed by atoms with E-state index < -0.39 is 25.6 Å². The van der Waals surface area contributed by atoms with Crippen molar-refractivity contribution in [2.75, 3.05) is 45.4 Å². The van der Waals surface area contributed by atoms with Crippen LogP contribution in [0.15, 0.2) is 65.3 Å². The van der Waals surface area contributed by atoms with Crippen molar-refractivity contribution >= 4 is 40.7 Å². The normalized spacial score (nSPS) is 21.1. The maximum Gasteiger partial charge on any atom is 0.330 e. The predicted molar refractivity (Wildman–Crippen MR) is 159 cm³/mol. The van der Waals surface area contributed by atoms with Crippen molar-refractivity contribution < 1.29 is 28.1 Å². The van der Waals surface area contributed by atoms with Crippen LogP contribution in [0, 0.1) is 5.92 Å². The van der Waals surface area contributed by atoms with Crippen molar-refractivity contribution in [1.82, 2.24) is 10.1 Å². The third-order valence-corrected chi connectivity index (χ3v) is 9.92. The quantitative estimate of drug-likeness (QED) is 0.130. The maximum absolute atomic E-state index is 14.6. The highest BCUT2D eigenvalue weighted by Crippen LogP contribution is 2.54. The summed E-state index contributed by atoms with van der Waals surface area (Å²) in [6, 6.07) is 11.6. The molecule has 2 N–H and O–H groups in total. The topological polar surface area (TPSA) is 108 Å². The number of methoxy groups -OCH3 is 1. The van der Waals surface area contributed by atoms with Crippen LogP contribution >= 0.6 is 23.4 Å². The van der Waals surface area contributed by atoms with Crippen LogP contribution in [0.4, 0.5) is 5.69 Å². The minimum atomic E-state index is -3.41. The summed E-state index contributed by atoms with van der Waals surface area (Å²) in [5.74, 6) is -0.983. The zero-order valence-electron chi connectivity index (χ0n) is 22.9. The van der Waals surface area contributed by atoms with E-state index in [4.69, 9.17) is 18.7 Å². The summed E-state index contributed by atoms with van der Waals surface area (Å²) in [4.78, 5) is 16.7. The number of nitrogens with zero attached hydrogens (tertiary/aromatic N) is 1. The van der Waals surface area contributed by atoms with E-state index in [0.29, 0.717) is 45.8 Å². The summed E-state index contributed by atoms with van der Waals surface area (Å²) in [6.07, 6.45) is 8.20. The molecule has 216 valence electrons. The van der Waals surface area contributed by atoms with E-state index in [1.165, 1.54) is 13.2 Å². The third-order valence-electron chi connectivity index (χ3n) is 6.74. The molecule has 11 heteroatoms. The van der Waals surface area contributed by atoms with Gasteiger partial charge in [-0.15, -0.1) is 0 Å². The molecule has 0 aliphatic carbocycles. The number of nitrogens with one attached hydrogen (secondary N) is 2. The van der Waals surface area contributed by atoms with Crippen LogP contribution < -0.4 is 10.4 Å². The van der Waals surface area contributed by atoms with Crippen LogP contribution in [0.3, 0.4) is 0 Å². The largest absolute Gasteiger partial charge is 0.466 e. The van der Waals surface area contributed by atoms with Crippen LogP contribution in [0.2, 0.25) is 0 Å². The van der Waals surface area contributed by atoms with Gasteiger partial charge in [-0.3, -0.25) is 14.1 Å². The van der Waals surface area contributed by atoms with Crippen LogP contribution in [0.1, 0.15) is 37.4 Å². The second-order valence-corrected chi connectivity index (χ2v) is 12.9. The highest BCUT2D eigenvalue weighted by atomic mass is 79.9. The average Bonchev–Trinajstić information content (AvgIpc) is 3.13. The van der Waals surface area contributed by atoms with Gasteiger partial charge in [0, 0.05) is 65.9 Å². The van der Waals surface area contributed by atoms with E-state index in [-0.39, 0.29) is 5.66 Å². The molecular weight excluding hydrogens is 597 g/mol. The zero-order valence-corrected chi connectivity index (χ0v) is 25.4. The summed E-state index contributed by atoms with van der Waals surface area (Å²) in [6.45, 7) is 4.55. The number of halogens is 1. The molecule has 0 amide bonds. The minimum Gasteiger partial charge on any atom is -0.466 e. The SMILES string of the molecule is CCCOCCNP(=O)(OC1Nc2ccc(Br)cc2C(c2ccccn2)=C[C@H]1/C=C/C(=O)OC)C1CCOCC1. The van der Waals surface area contributed by atoms with Crippen molar-refractivity contribution in [1.29, 1.82) is 0 Å². The van der Waals surface area contributed by atoms with Gasteiger partial charge in [0.05, 0.1) is 25.1 Å². The second-order valence-electron chi connectivity index (χ2n) is 9.58. The van der Waals surface area contributed by atoms with Crippen molar-refractivity contribution in [2.24, 2.45) is 5.92 Å². The van der Waals surface area contributed by atoms with Gasteiger partial charge in [-0.1, -0.05) is 41.1 Å². The molecule has 3 heterocycles. The first kappa shape index (κ1) is 30.6. The molecule has 0 spiro atoms. The predicted octanol–water partition coefficient (Wildman–Crippen LogP) is 5.78. The molecule has 0 saturated carbocycles. The molecule has 1 saturated heterocycles. The molecule has 2 aliphatic heterocycles. The number of fused-ring (bicyclic) bond motifs is 1. The van der Waals surface area contributed by atoms with E-state index in [9.17, 15) is 9.36 Å². The van der Waals surface area contributed by atoms with Gasteiger partial charge in [0.2, 0.25) is 0 Å². The summed E-state index contributed by atoms with van der Waals surface area (Å²) in [7, 11) is -2.08. The van der Waals surface area contributed by atoms with Crippen LogP contribution in [-0.2, 0) is 28.1 Å². The lowest BCUT2D eigenvalue weighted by Gasteiger charge is -2.35. The number of hydrogen-bond acceptors (Lipinski definition) is 8. The molecule has 0 bridgehead atoms. The first-order valence-electron chi connectivity index (χ1n) is 13.6. The van der Waals surface area contributed by atoms with E-state index in [1.807, 2.05) is 49.4 Å². The lowest BCUT2D eigenvalue weighted by Crippen LogP contribution is -2.36. The summed E-state index contributed by atoms with van der Waals surface area (Å²) >= 11 is 3.59. The molecular formula is C29H37BrN3O6P. The second kappa shape index (κ2) is 15.1. The monoisotopic (exact) mass is 633 g/mol. The number of rotatable bonds is 12. The molecule has 1 fully saturated rings. The molecule has 2 aliphatic rings. The number of carbonyl (C=O) groups excluding carboxylic acids is 1. The number of hydrogen-bond donors (Lipinski definition) is 2. The molecule has 2 unspecified atom stereocenters. The number of benzene rings is 1. The Morgan fingerprint density at radius 3 is 2.80 bits per heavy atom. The summed E-state index contributed by atoms with van der Waals surface area (Å²) < 4.78 is 38.1. The Hall–Kier alpha value is -2.33. The molecule has 4 rings (SSSR count). The van der Waals surface area contributed by atoms with Gasteiger partial charge in [-0.05, 0) is 49.6 Å². The molecule has 40 heavy (non-hydrogen) atoms. The molecule has 0 radical (unpaired) electrons.